The lowest BCUT2D eigenvalue weighted by Crippen LogP contribution is -2.19. The maximum atomic E-state index is 10.2. The Balaban J connectivity index is 1.91. The number of nitrogens with zero attached hydrogens (tertiary/aromatic N) is 1. The second kappa shape index (κ2) is 6.71. The Kier molecular flexibility index (Phi) is 4.48. The van der Waals surface area contributed by atoms with Gasteiger partial charge in [-0.25, -0.2) is 0 Å². The zero-order chi connectivity index (χ0) is 16.2. The third kappa shape index (κ3) is 3.14. The third-order valence-electron chi connectivity index (χ3n) is 3.46. The highest BCUT2D eigenvalue weighted by molar-refractivity contribution is 6.36. The molecule has 0 aliphatic carbocycles. The molecule has 1 amide bonds. The highest BCUT2D eigenvalue weighted by Crippen LogP contribution is 2.37. The van der Waals surface area contributed by atoms with Gasteiger partial charge >= 0.3 is 0 Å². The Labute approximate surface area is 138 Å². The number of aromatic nitrogens is 1. The number of hydrogen-bond donors (Lipinski definition) is 1. The van der Waals surface area contributed by atoms with Gasteiger partial charge < -0.3 is 14.6 Å². The number of halogens is 1. The van der Waals surface area contributed by atoms with Crippen LogP contribution in [-0.2, 0) is 4.79 Å². The van der Waals surface area contributed by atoms with Gasteiger partial charge in [-0.3, -0.25) is 4.79 Å². The van der Waals surface area contributed by atoms with Crippen molar-refractivity contribution in [3.8, 4) is 17.0 Å². The van der Waals surface area contributed by atoms with E-state index in [0.717, 1.165) is 16.6 Å². The molecule has 23 heavy (non-hydrogen) atoms. The Hall–Kier alpha value is -2.53. The van der Waals surface area contributed by atoms with Crippen LogP contribution in [0.4, 0.5) is 0 Å². The molecule has 1 heterocycles. The molecule has 0 spiro atoms. The molecule has 0 aliphatic heterocycles. The highest BCUT2D eigenvalue weighted by Gasteiger charge is 2.16. The number of hydrogen-bond acceptors (Lipinski definition) is 4. The first-order valence-corrected chi connectivity index (χ1v) is 7.53. The van der Waals surface area contributed by atoms with Crippen LogP contribution in [0.25, 0.3) is 22.2 Å². The predicted octanol–water partition coefficient (Wildman–Crippen LogP) is 3.58. The molecule has 2 aromatic carbocycles. The van der Waals surface area contributed by atoms with E-state index in [-0.39, 0.29) is 0 Å². The van der Waals surface area contributed by atoms with Gasteiger partial charge in [-0.2, -0.15) is 0 Å². The molecule has 0 saturated carbocycles. The van der Waals surface area contributed by atoms with Crippen molar-refractivity contribution in [1.29, 1.82) is 0 Å². The predicted molar refractivity (Wildman–Crippen MR) is 88.8 cm³/mol. The molecule has 5 nitrogen and oxygen atoms in total. The first-order valence-electron chi connectivity index (χ1n) is 7.15. The van der Waals surface area contributed by atoms with Gasteiger partial charge in [-0.05, 0) is 19.1 Å². The van der Waals surface area contributed by atoms with Crippen LogP contribution in [0.5, 0.6) is 5.75 Å². The summed E-state index contributed by atoms with van der Waals surface area (Å²) >= 11 is 6.33. The second-order valence-corrected chi connectivity index (χ2v) is 5.45. The van der Waals surface area contributed by atoms with E-state index in [1.165, 1.54) is 5.56 Å². The number of ether oxygens (including phenoxy) is 1. The minimum Gasteiger partial charge on any atom is -0.490 e. The van der Waals surface area contributed by atoms with Gasteiger partial charge in [-0.15, -0.1) is 0 Å². The van der Waals surface area contributed by atoms with Crippen molar-refractivity contribution in [1.82, 2.24) is 10.5 Å². The third-order valence-corrected chi connectivity index (χ3v) is 3.82. The SMILES string of the molecule is Cc1ccc(-c2noc3c(Cl)c(OCCNC=O)ccc23)cc1. The fourth-order valence-electron chi connectivity index (χ4n) is 2.26. The van der Waals surface area contributed by atoms with Crippen molar-refractivity contribution in [2.75, 3.05) is 13.2 Å². The summed E-state index contributed by atoms with van der Waals surface area (Å²) in [6, 6.07) is 11.7. The average molecular weight is 331 g/mol. The molecule has 0 bridgehead atoms. The van der Waals surface area contributed by atoms with E-state index >= 15 is 0 Å². The number of aryl methyl sites for hydroxylation is 1. The number of carbonyl (C=O) groups is 1. The number of benzene rings is 2. The summed E-state index contributed by atoms with van der Waals surface area (Å²) in [6.07, 6.45) is 0.623. The summed E-state index contributed by atoms with van der Waals surface area (Å²) in [5.41, 5.74) is 3.38. The molecular weight excluding hydrogens is 316 g/mol. The van der Waals surface area contributed by atoms with E-state index in [4.69, 9.17) is 20.9 Å². The lowest BCUT2D eigenvalue weighted by Gasteiger charge is -2.07. The Morgan fingerprint density at radius 3 is 2.78 bits per heavy atom. The molecule has 3 rings (SSSR count). The lowest BCUT2D eigenvalue weighted by molar-refractivity contribution is -0.109. The standard InChI is InChI=1S/C17H15ClN2O3/c1-11-2-4-12(5-3-11)16-13-6-7-14(22-9-8-19-10-21)15(18)17(13)23-20-16/h2-7,10H,8-9H2,1H3,(H,19,21). The van der Waals surface area contributed by atoms with Crippen molar-refractivity contribution in [2.24, 2.45) is 0 Å². The molecule has 1 N–H and O–H groups in total. The highest BCUT2D eigenvalue weighted by atomic mass is 35.5. The number of fused-ring (bicyclic) bond motifs is 1. The first kappa shape index (κ1) is 15.4. The van der Waals surface area contributed by atoms with Gasteiger partial charge in [0.25, 0.3) is 0 Å². The minimum atomic E-state index is 0.322. The van der Waals surface area contributed by atoms with Crippen LogP contribution in [0, 0.1) is 6.92 Å². The topological polar surface area (TPSA) is 64.4 Å². The summed E-state index contributed by atoms with van der Waals surface area (Å²) in [4.78, 5) is 10.2. The second-order valence-electron chi connectivity index (χ2n) is 5.07. The average Bonchev–Trinajstić information content (AvgIpc) is 2.99. The Morgan fingerprint density at radius 1 is 1.26 bits per heavy atom. The van der Waals surface area contributed by atoms with Crippen LogP contribution in [0.1, 0.15) is 5.56 Å². The minimum absolute atomic E-state index is 0.322. The van der Waals surface area contributed by atoms with E-state index in [1.54, 1.807) is 6.07 Å². The van der Waals surface area contributed by atoms with Crippen molar-refractivity contribution in [2.45, 2.75) is 6.92 Å². The molecule has 0 radical (unpaired) electrons. The van der Waals surface area contributed by atoms with E-state index in [1.807, 2.05) is 37.3 Å². The molecule has 0 saturated heterocycles. The van der Waals surface area contributed by atoms with Crippen LogP contribution >= 0.6 is 11.6 Å². The summed E-state index contributed by atoms with van der Waals surface area (Å²) in [6.45, 7) is 2.76. The zero-order valence-electron chi connectivity index (χ0n) is 12.5. The number of rotatable bonds is 6. The van der Waals surface area contributed by atoms with Gasteiger partial charge in [-0.1, -0.05) is 46.6 Å². The zero-order valence-corrected chi connectivity index (χ0v) is 13.3. The van der Waals surface area contributed by atoms with Crippen LogP contribution in [0.2, 0.25) is 5.02 Å². The first-order chi connectivity index (χ1) is 11.2. The molecule has 118 valence electrons. The number of amides is 1. The van der Waals surface area contributed by atoms with Gasteiger partial charge in [0.15, 0.2) is 5.58 Å². The molecule has 0 atom stereocenters. The molecule has 0 aliphatic rings. The van der Waals surface area contributed by atoms with Gasteiger partial charge in [0, 0.05) is 5.56 Å². The maximum absolute atomic E-state index is 10.2. The van der Waals surface area contributed by atoms with Crippen LogP contribution in [0.3, 0.4) is 0 Å². The van der Waals surface area contributed by atoms with E-state index < -0.39 is 0 Å². The smallest absolute Gasteiger partial charge is 0.207 e. The summed E-state index contributed by atoms with van der Waals surface area (Å²) < 4.78 is 10.9. The van der Waals surface area contributed by atoms with E-state index in [2.05, 4.69) is 10.5 Å². The van der Waals surface area contributed by atoms with Gasteiger partial charge in [0.2, 0.25) is 6.41 Å². The fourth-order valence-corrected chi connectivity index (χ4v) is 2.52. The summed E-state index contributed by atoms with van der Waals surface area (Å²) in [5.74, 6) is 0.499. The van der Waals surface area contributed by atoms with Crippen molar-refractivity contribution >= 4 is 29.0 Å². The Bertz CT molecular complexity index is 828. The fraction of sp³-hybridized carbons (Fsp3) is 0.176. The normalized spacial score (nSPS) is 10.7. The molecule has 1 aromatic heterocycles. The van der Waals surface area contributed by atoms with Gasteiger partial charge in [0.1, 0.15) is 23.1 Å². The van der Waals surface area contributed by atoms with Crippen molar-refractivity contribution < 1.29 is 14.1 Å². The van der Waals surface area contributed by atoms with Crippen LogP contribution in [0.15, 0.2) is 40.9 Å². The van der Waals surface area contributed by atoms with E-state index in [0.29, 0.717) is 35.9 Å². The monoisotopic (exact) mass is 330 g/mol. The Morgan fingerprint density at radius 2 is 2.04 bits per heavy atom. The number of nitrogens with one attached hydrogen (secondary N) is 1. The maximum Gasteiger partial charge on any atom is 0.207 e. The van der Waals surface area contributed by atoms with Crippen molar-refractivity contribution in [3.05, 3.63) is 47.0 Å². The molecule has 0 unspecified atom stereocenters. The lowest BCUT2D eigenvalue weighted by atomic mass is 10.1. The summed E-state index contributed by atoms with van der Waals surface area (Å²) in [5, 5.41) is 7.86. The van der Waals surface area contributed by atoms with Crippen molar-refractivity contribution in [3.63, 3.8) is 0 Å². The molecular formula is C17H15ClN2O3. The van der Waals surface area contributed by atoms with Gasteiger partial charge in [0.05, 0.1) is 11.9 Å². The quantitative estimate of drug-likeness (QED) is 0.554. The van der Waals surface area contributed by atoms with Crippen LogP contribution in [-0.4, -0.2) is 24.7 Å². The van der Waals surface area contributed by atoms with Crippen LogP contribution < -0.4 is 10.1 Å². The summed E-state index contributed by atoms with van der Waals surface area (Å²) in [7, 11) is 0. The van der Waals surface area contributed by atoms with E-state index in [9.17, 15) is 4.79 Å². The molecule has 3 aromatic rings. The largest absolute Gasteiger partial charge is 0.490 e. The molecule has 0 fully saturated rings. The number of carbonyl (C=O) groups excluding carboxylic acids is 1. The molecule has 6 heteroatoms.